The van der Waals surface area contributed by atoms with E-state index in [0.717, 1.165) is 17.1 Å². The lowest BCUT2D eigenvalue weighted by molar-refractivity contribution is 0.487. The summed E-state index contributed by atoms with van der Waals surface area (Å²) in [6, 6.07) is 53.5. The Kier molecular flexibility index (Phi) is 5.12. The zero-order valence-electron chi connectivity index (χ0n) is 25.8. The molecule has 0 atom stereocenters. The number of benzene rings is 8. The fraction of sp³-hybridized carbons (Fsp3) is 0.0667. The van der Waals surface area contributed by atoms with Crippen molar-refractivity contribution >= 4 is 32.3 Å². The molecule has 0 radical (unpaired) electrons. The lowest BCUT2D eigenvalue weighted by Crippen LogP contribution is -2.15. The molecule has 1 heterocycles. The van der Waals surface area contributed by atoms with Gasteiger partial charge in [-0.1, -0.05) is 123 Å². The Balaban J connectivity index is 1.20. The van der Waals surface area contributed by atoms with Crippen LogP contribution < -0.4 is 4.74 Å². The van der Waals surface area contributed by atoms with Crippen LogP contribution in [0.4, 0.5) is 0 Å². The lowest BCUT2D eigenvalue weighted by atomic mass is 9.78. The average molecular weight is 587 g/mol. The fourth-order valence-corrected chi connectivity index (χ4v) is 8.21. The fourth-order valence-electron chi connectivity index (χ4n) is 8.21. The first-order chi connectivity index (χ1) is 22.5. The normalized spacial score (nSPS) is 13.8. The van der Waals surface area contributed by atoms with Gasteiger partial charge in [0.05, 0.1) is 0 Å². The molecule has 1 heteroatoms. The number of rotatable bonds is 2. The van der Waals surface area contributed by atoms with Crippen LogP contribution in [0.5, 0.6) is 11.5 Å². The highest BCUT2D eigenvalue weighted by Crippen LogP contribution is 2.55. The minimum Gasteiger partial charge on any atom is -0.456 e. The summed E-state index contributed by atoms with van der Waals surface area (Å²) in [6.45, 7) is 4.78. The molecule has 0 saturated heterocycles. The van der Waals surface area contributed by atoms with E-state index in [4.69, 9.17) is 4.74 Å². The molecule has 8 aromatic rings. The molecule has 1 aliphatic carbocycles. The van der Waals surface area contributed by atoms with Crippen molar-refractivity contribution in [2.24, 2.45) is 0 Å². The summed E-state index contributed by atoms with van der Waals surface area (Å²) in [7, 11) is 0. The third-order valence-corrected chi connectivity index (χ3v) is 10.4. The third-order valence-electron chi connectivity index (χ3n) is 10.4. The first-order valence-electron chi connectivity index (χ1n) is 16.1. The van der Waals surface area contributed by atoms with Gasteiger partial charge in [-0.2, -0.15) is 0 Å². The zero-order valence-corrected chi connectivity index (χ0v) is 25.8. The molecule has 2 aliphatic rings. The maximum Gasteiger partial charge on any atom is 0.135 e. The molecule has 1 nitrogen and oxygen atoms in total. The van der Waals surface area contributed by atoms with Gasteiger partial charge in [-0.25, -0.2) is 0 Å². The Hall–Kier alpha value is -5.66. The molecule has 46 heavy (non-hydrogen) atoms. The van der Waals surface area contributed by atoms with Crippen molar-refractivity contribution < 1.29 is 4.74 Å². The maximum atomic E-state index is 6.42. The zero-order chi connectivity index (χ0) is 30.6. The van der Waals surface area contributed by atoms with Crippen LogP contribution in [0.25, 0.3) is 76.8 Å². The Morgan fingerprint density at radius 2 is 1.13 bits per heavy atom. The highest BCUT2D eigenvalue weighted by atomic mass is 16.5. The molecular weight excluding hydrogens is 556 g/mol. The molecule has 216 valence electrons. The van der Waals surface area contributed by atoms with Crippen molar-refractivity contribution in [1.29, 1.82) is 0 Å². The molecule has 8 aromatic carbocycles. The predicted molar refractivity (Wildman–Crippen MR) is 193 cm³/mol. The number of hydrogen-bond acceptors (Lipinski definition) is 1. The van der Waals surface area contributed by atoms with Crippen molar-refractivity contribution in [3.8, 4) is 56.0 Å². The highest BCUT2D eigenvalue weighted by Gasteiger charge is 2.38. The second-order valence-electron chi connectivity index (χ2n) is 13.3. The minimum atomic E-state index is -0.140. The summed E-state index contributed by atoms with van der Waals surface area (Å²) in [5, 5.41) is 7.52. The van der Waals surface area contributed by atoms with E-state index < -0.39 is 0 Å². The molecule has 0 amide bonds. The third kappa shape index (κ3) is 3.51. The van der Waals surface area contributed by atoms with Gasteiger partial charge >= 0.3 is 0 Å². The molecule has 0 N–H and O–H groups in total. The number of fused-ring (bicyclic) bond motifs is 8. The monoisotopic (exact) mass is 586 g/mol. The standard InChI is InChI=1S/C45H30O/c1-45(2)39-15-6-5-13-35(39)43-36(32-19-17-27-9-3-4-10-29(27)23-32)26-33-20-18-30(24-37(33)44(43)45)31-21-22-40-38(25-31)34-14-7-11-28-12-8-16-41(46-40)42(28)34/h3-26H,1-2H3. The molecule has 0 saturated carbocycles. The number of hydrogen-bond donors (Lipinski definition) is 0. The van der Waals surface area contributed by atoms with Crippen LogP contribution in [0.2, 0.25) is 0 Å². The minimum absolute atomic E-state index is 0.140. The van der Waals surface area contributed by atoms with Gasteiger partial charge in [-0.3, -0.25) is 0 Å². The van der Waals surface area contributed by atoms with Gasteiger partial charge in [0.2, 0.25) is 0 Å². The predicted octanol–water partition coefficient (Wildman–Crippen LogP) is 12.6. The van der Waals surface area contributed by atoms with E-state index >= 15 is 0 Å². The molecule has 0 spiro atoms. The average Bonchev–Trinajstić information content (AvgIpc) is 3.34. The molecule has 1 aliphatic heterocycles. The summed E-state index contributed by atoms with van der Waals surface area (Å²) in [5.74, 6) is 1.84. The Morgan fingerprint density at radius 3 is 2.04 bits per heavy atom. The summed E-state index contributed by atoms with van der Waals surface area (Å²) < 4.78 is 6.42. The molecule has 10 rings (SSSR count). The van der Waals surface area contributed by atoms with Crippen LogP contribution in [-0.2, 0) is 5.41 Å². The smallest absolute Gasteiger partial charge is 0.135 e. The highest BCUT2D eigenvalue weighted by molar-refractivity contribution is 6.08. The Bertz CT molecular complexity index is 2580. The van der Waals surface area contributed by atoms with Crippen LogP contribution in [0.1, 0.15) is 25.0 Å². The van der Waals surface area contributed by atoms with Crippen LogP contribution in [-0.4, -0.2) is 0 Å². The SMILES string of the molecule is CC1(C)c2ccccc2-c2c(-c3ccc4ccccc4c3)cc3ccc(-c4ccc5c(c4)-c4cccc6cccc(c46)O5)cc3c21. The largest absolute Gasteiger partial charge is 0.456 e. The van der Waals surface area contributed by atoms with Crippen LogP contribution >= 0.6 is 0 Å². The molecular formula is C45H30O. The molecule has 0 fully saturated rings. The second-order valence-corrected chi connectivity index (χ2v) is 13.3. The van der Waals surface area contributed by atoms with E-state index in [1.54, 1.807) is 0 Å². The van der Waals surface area contributed by atoms with E-state index in [-0.39, 0.29) is 5.41 Å². The summed E-state index contributed by atoms with van der Waals surface area (Å²) in [4.78, 5) is 0. The molecule has 0 aromatic heterocycles. The van der Waals surface area contributed by atoms with Gasteiger partial charge in [0.15, 0.2) is 0 Å². The van der Waals surface area contributed by atoms with Gasteiger partial charge in [-0.15, -0.1) is 0 Å². The van der Waals surface area contributed by atoms with Gasteiger partial charge in [0, 0.05) is 16.4 Å². The topological polar surface area (TPSA) is 9.23 Å². The van der Waals surface area contributed by atoms with E-state index in [1.807, 2.05) is 0 Å². The van der Waals surface area contributed by atoms with Crippen molar-refractivity contribution in [2.75, 3.05) is 0 Å². The van der Waals surface area contributed by atoms with E-state index in [9.17, 15) is 0 Å². The summed E-state index contributed by atoms with van der Waals surface area (Å²) in [6.07, 6.45) is 0. The quantitative estimate of drug-likeness (QED) is 0.196. The van der Waals surface area contributed by atoms with Gasteiger partial charge in [0.1, 0.15) is 11.5 Å². The first-order valence-corrected chi connectivity index (χ1v) is 16.1. The van der Waals surface area contributed by atoms with Crippen LogP contribution in [0, 0.1) is 0 Å². The van der Waals surface area contributed by atoms with Crippen LogP contribution in [0.3, 0.4) is 0 Å². The maximum absolute atomic E-state index is 6.42. The summed E-state index contributed by atoms with van der Waals surface area (Å²) >= 11 is 0. The Morgan fingerprint density at radius 1 is 0.435 bits per heavy atom. The van der Waals surface area contributed by atoms with Gasteiger partial charge in [0.25, 0.3) is 0 Å². The first kappa shape index (κ1) is 25.6. The number of ether oxygens (including phenoxy) is 1. The van der Waals surface area contributed by atoms with Crippen molar-refractivity contribution in [1.82, 2.24) is 0 Å². The van der Waals surface area contributed by atoms with Crippen molar-refractivity contribution in [3.05, 3.63) is 157 Å². The van der Waals surface area contributed by atoms with E-state index in [0.29, 0.717) is 0 Å². The molecule has 0 unspecified atom stereocenters. The summed E-state index contributed by atoms with van der Waals surface area (Å²) in [5.41, 5.74) is 12.7. The van der Waals surface area contributed by atoms with Gasteiger partial charge < -0.3 is 4.74 Å². The van der Waals surface area contributed by atoms with E-state index in [1.165, 1.54) is 82.4 Å². The van der Waals surface area contributed by atoms with Crippen LogP contribution in [0.15, 0.2) is 146 Å². The van der Waals surface area contributed by atoms with Gasteiger partial charge in [-0.05, 0) is 113 Å². The van der Waals surface area contributed by atoms with Crippen molar-refractivity contribution in [2.45, 2.75) is 19.3 Å². The second kappa shape index (κ2) is 9.19. The Labute approximate surface area is 268 Å². The van der Waals surface area contributed by atoms with Crippen molar-refractivity contribution in [3.63, 3.8) is 0 Å². The lowest BCUT2D eigenvalue weighted by Gasteiger charge is -2.25. The van der Waals surface area contributed by atoms with E-state index in [2.05, 4.69) is 159 Å². The molecule has 0 bridgehead atoms.